The largest absolute Gasteiger partial charge is 0.451 e. The van der Waals surface area contributed by atoms with Crippen molar-refractivity contribution in [3.05, 3.63) is 21.5 Å². The van der Waals surface area contributed by atoms with Crippen LogP contribution in [0, 0.1) is 6.92 Å². The Morgan fingerprint density at radius 1 is 1.45 bits per heavy atom. The minimum atomic E-state index is -3.75. The quantitative estimate of drug-likeness (QED) is 0.796. The Labute approximate surface area is 129 Å². The van der Waals surface area contributed by atoms with Crippen molar-refractivity contribution < 1.29 is 12.8 Å². The van der Waals surface area contributed by atoms with Gasteiger partial charge in [-0.2, -0.15) is 0 Å². The second-order valence-electron chi connectivity index (χ2n) is 3.86. The Balaban J connectivity index is 2.22. The van der Waals surface area contributed by atoms with Gasteiger partial charge in [0.2, 0.25) is 5.13 Å². The van der Waals surface area contributed by atoms with E-state index in [1.807, 2.05) is 6.92 Å². The summed E-state index contributed by atoms with van der Waals surface area (Å²) < 4.78 is 32.4. The molecular formula is C10H13BrN4O3S2. The van der Waals surface area contributed by atoms with E-state index in [0.29, 0.717) is 17.3 Å². The highest BCUT2D eigenvalue weighted by Gasteiger charge is 2.23. The second kappa shape index (κ2) is 6.20. The molecule has 20 heavy (non-hydrogen) atoms. The van der Waals surface area contributed by atoms with Gasteiger partial charge < -0.3 is 9.73 Å². The van der Waals surface area contributed by atoms with Crippen LogP contribution in [0.15, 0.2) is 20.0 Å². The number of hydrogen-bond donors (Lipinski definition) is 2. The summed E-state index contributed by atoms with van der Waals surface area (Å²) in [6.45, 7) is 4.93. The molecule has 2 heterocycles. The first kappa shape index (κ1) is 15.4. The molecule has 0 bridgehead atoms. The molecule has 2 N–H and O–H groups in total. The van der Waals surface area contributed by atoms with Crippen molar-refractivity contribution in [2.75, 3.05) is 11.3 Å². The Morgan fingerprint density at radius 2 is 2.20 bits per heavy atom. The first-order valence-electron chi connectivity index (χ1n) is 5.74. The van der Waals surface area contributed by atoms with Gasteiger partial charge in [0.05, 0.1) is 6.54 Å². The number of furan rings is 1. The van der Waals surface area contributed by atoms with Gasteiger partial charge in [0.15, 0.2) is 4.67 Å². The van der Waals surface area contributed by atoms with Crippen molar-refractivity contribution in [2.24, 2.45) is 0 Å². The normalized spacial score (nSPS) is 11.8. The summed E-state index contributed by atoms with van der Waals surface area (Å²) in [5, 5.41) is 11.5. The molecule has 2 aromatic rings. The zero-order chi connectivity index (χ0) is 14.8. The van der Waals surface area contributed by atoms with Gasteiger partial charge in [-0.25, -0.2) is 8.42 Å². The van der Waals surface area contributed by atoms with Crippen LogP contribution >= 0.6 is 27.3 Å². The summed E-state index contributed by atoms with van der Waals surface area (Å²) in [4.78, 5) is 0.0401. The van der Waals surface area contributed by atoms with Gasteiger partial charge >= 0.3 is 0 Å². The summed E-state index contributed by atoms with van der Waals surface area (Å²) in [6, 6.07) is 1.48. The fraction of sp³-hybridized carbons (Fsp3) is 0.400. The summed E-state index contributed by atoms with van der Waals surface area (Å²) in [6.07, 6.45) is 0. The van der Waals surface area contributed by atoms with Gasteiger partial charge in [0.1, 0.15) is 15.7 Å². The van der Waals surface area contributed by atoms with Crippen LogP contribution in [0.1, 0.15) is 17.7 Å². The minimum absolute atomic E-state index is 0.0401. The summed E-state index contributed by atoms with van der Waals surface area (Å²) in [5.74, 6) is 0.535. The fourth-order valence-corrected chi connectivity index (χ4v) is 4.24. The van der Waals surface area contributed by atoms with E-state index < -0.39 is 10.0 Å². The maximum atomic E-state index is 12.2. The van der Waals surface area contributed by atoms with E-state index in [-0.39, 0.29) is 14.7 Å². The smallest absolute Gasteiger partial charge is 0.268 e. The summed E-state index contributed by atoms with van der Waals surface area (Å²) in [5.41, 5.74) is 0. The van der Waals surface area contributed by atoms with Gasteiger partial charge in [0.25, 0.3) is 10.0 Å². The van der Waals surface area contributed by atoms with E-state index in [9.17, 15) is 8.42 Å². The number of halogens is 1. The maximum Gasteiger partial charge on any atom is 0.268 e. The second-order valence-corrected chi connectivity index (χ2v) is 7.42. The zero-order valence-electron chi connectivity index (χ0n) is 10.8. The number of sulfonamides is 1. The highest BCUT2D eigenvalue weighted by molar-refractivity contribution is 9.10. The lowest BCUT2D eigenvalue weighted by Crippen LogP contribution is -2.13. The number of nitrogens with one attached hydrogen (secondary N) is 2. The minimum Gasteiger partial charge on any atom is -0.451 e. The van der Waals surface area contributed by atoms with Crippen molar-refractivity contribution >= 4 is 42.4 Å². The lowest BCUT2D eigenvalue weighted by Gasteiger charge is -2.01. The van der Waals surface area contributed by atoms with E-state index >= 15 is 0 Å². The Bertz CT molecular complexity index is 695. The first-order chi connectivity index (χ1) is 9.42. The van der Waals surface area contributed by atoms with Crippen LogP contribution in [0.2, 0.25) is 0 Å². The molecule has 2 rings (SSSR count). The van der Waals surface area contributed by atoms with Crippen molar-refractivity contribution in [1.82, 2.24) is 15.5 Å². The van der Waals surface area contributed by atoms with Crippen LogP contribution in [0.25, 0.3) is 0 Å². The van der Waals surface area contributed by atoms with E-state index in [0.717, 1.165) is 6.54 Å². The van der Waals surface area contributed by atoms with Crippen LogP contribution in [0.5, 0.6) is 0 Å². The highest BCUT2D eigenvalue weighted by atomic mass is 79.9. The molecule has 0 aromatic carbocycles. The van der Waals surface area contributed by atoms with Crippen molar-refractivity contribution in [3.63, 3.8) is 0 Å². The molecule has 0 saturated carbocycles. The molecule has 0 aliphatic heterocycles. The fourth-order valence-electron chi connectivity index (χ4n) is 1.42. The average Bonchev–Trinajstić information content (AvgIpc) is 2.93. The maximum absolute atomic E-state index is 12.2. The van der Waals surface area contributed by atoms with Crippen LogP contribution in [0.3, 0.4) is 0 Å². The zero-order valence-corrected chi connectivity index (χ0v) is 14.0. The third-order valence-electron chi connectivity index (χ3n) is 2.29. The molecule has 0 radical (unpaired) electrons. The molecule has 0 spiro atoms. The lowest BCUT2D eigenvalue weighted by atomic mass is 10.4. The predicted octanol–water partition coefficient (Wildman–Crippen LogP) is 2.11. The van der Waals surface area contributed by atoms with Crippen LogP contribution in [0.4, 0.5) is 5.13 Å². The molecule has 2 aromatic heterocycles. The Morgan fingerprint density at radius 3 is 2.80 bits per heavy atom. The monoisotopic (exact) mass is 380 g/mol. The number of hydrogen-bond acceptors (Lipinski definition) is 7. The number of anilines is 1. The van der Waals surface area contributed by atoms with Crippen molar-refractivity contribution in [1.29, 1.82) is 0 Å². The first-order valence-corrected chi connectivity index (χ1v) is 8.83. The van der Waals surface area contributed by atoms with E-state index in [4.69, 9.17) is 4.42 Å². The number of aryl methyl sites for hydroxylation is 1. The van der Waals surface area contributed by atoms with Gasteiger partial charge in [0, 0.05) is 6.07 Å². The molecule has 0 fully saturated rings. The molecule has 7 nitrogen and oxygen atoms in total. The average molecular weight is 381 g/mol. The molecule has 0 saturated heterocycles. The predicted molar refractivity (Wildman–Crippen MR) is 79.2 cm³/mol. The third kappa shape index (κ3) is 3.57. The van der Waals surface area contributed by atoms with Crippen molar-refractivity contribution in [2.45, 2.75) is 25.3 Å². The van der Waals surface area contributed by atoms with Crippen molar-refractivity contribution in [3.8, 4) is 0 Å². The van der Waals surface area contributed by atoms with E-state index in [1.54, 1.807) is 6.92 Å². The third-order valence-corrected chi connectivity index (χ3v) is 5.37. The van der Waals surface area contributed by atoms with Crippen LogP contribution in [-0.2, 0) is 16.6 Å². The topological polar surface area (TPSA) is 97.1 Å². The van der Waals surface area contributed by atoms with Gasteiger partial charge in [-0.3, -0.25) is 4.72 Å². The molecule has 0 aliphatic carbocycles. The molecule has 10 heteroatoms. The number of rotatable bonds is 6. The number of aromatic nitrogens is 2. The molecule has 0 atom stereocenters. The Hall–Kier alpha value is -0.970. The molecule has 110 valence electrons. The standard InChI is InChI=1S/C10H13BrN4O3S2/c1-3-12-5-7-4-8(9(11)18-7)20(16,17)15-10-14-13-6(2)19-10/h4,12H,3,5H2,1-2H3,(H,14,15). The Kier molecular flexibility index (Phi) is 4.78. The lowest BCUT2D eigenvalue weighted by molar-refractivity contribution is 0.464. The summed E-state index contributed by atoms with van der Waals surface area (Å²) >= 11 is 4.28. The molecular weight excluding hydrogens is 368 g/mol. The highest BCUT2D eigenvalue weighted by Crippen LogP contribution is 2.28. The SMILES string of the molecule is CCNCc1cc(S(=O)(=O)Nc2nnc(C)s2)c(Br)o1. The molecule has 0 amide bonds. The molecule has 0 unspecified atom stereocenters. The van der Waals surface area contributed by atoms with Crippen LogP contribution in [-0.4, -0.2) is 25.2 Å². The van der Waals surface area contributed by atoms with Gasteiger partial charge in [-0.1, -0.05) is 18.3 Å². The van der Waals surface area contributed by atoms with Crippen LogP contribution < -0.4 is 10.0 Å². The van der Waals surface area contributed by atoms with E-state index in [1.165, 1.54) is 17.4 Å². The molecule has 0 aliphatic rings. The van der Waals surface area contributed by atoms with Gasteiger partial charge in [-0.05, 0) is 29.4 Å². The van der Waals surface area contributed by atoms with E-state index in [2.05, 4.69) is 36.2 Å². The summed E-state index contributed by atoms with van der Waals surface area (Å²) in [7, 11) is -3.75. The van der Waals surface area contributed by atoms with Gasteiger partial charge in [-0.15, -0.1) is 10.2 Å². The number of nitrogens with zero attached hydrogens (tertiary/aromatic N) is 2.